The zero-order valence-electron chi connectivity index (χ0n) is 10.7. The van der Waals surface area contributed by atoms with Gasteiger partial charge in [0.25, 0.3) is 0 Å². The summed E-state index contributed by atoms with van der Waals surface area (Å²) in [6.45, 7) is 9.61. The van der Waals surface area contributed by atoms with Gasteiger partial charge in [-0.25, -0.2) is 0 Å². The minimum absolute atomic E-state index is 0.446. The van der Waals surface area contributed by atoms with E-state index in [0.29, 0.717) is 10.8 Å². The molecule has 0 unspecified atom stereocenters. The monoisotopic (exact) mass is 204 g/mol. The van der Waals surface area contributed by atoms with E-state index in [1.807, 2.05) is 0 Å². The van der Waals surface area contributed by atoms with Gasteiger partial charge in [-0.3, -0.25) is 0 Å². The van der Waals surface area contributed by atoms with Gasteiger partial charge in [0.05, 0.1) is 0 Å². The molecule has 15 heavy (non-hydrogen) atoms. The second-order valence-corrected chi connectivity index (χ2v) is 6.11. The second kappa shape index (κ2) is 3.52. The lowest BCUT2D eigenvalue weighted by Gasteiger charge is -2.34. The van der Waals surface area contributed by atoms with Crippen molar-refractivity contribution in [2.45, 2.75) is 59.8 Å². The molecular weight excluding hydrogens is 180 g/mol. The average molecular weight is 204 g/mol. The van der Waals surface area contributed by atoms with Crippen LogP contribution in [0.1, 0.15) is 59.8 Å². The first-order valence-electron chi connectivity index (χ1n) is 6.47. The first-order chi connectivity index (χ1) is 7.02. The Morgan fingerprint density at radius 1 is 1.40 bits per heavy atom. The summed E-state index contributed by atoms with van der Waals surface area (Å²) in [6, 6.07) is 0. The van der Waals surface area contributed by atoms with Crippen LogP contribution in [0, 0.1) is 16.7 Å². The van der Waals surface area contributed by atoms with E-state index in [0.717, 1.165) is 5.92 Å². The van der Waals surface area contributed by atoms with Crippen LogP contribution in [0.25, 0.3) is 0 Å². The number of allylic oxidation sites excluding steroid dienone is 1. The van der Waals surface area contributed by atoms with Crippen LogP contribution >= 0.6 is 0 Å². The van der Waals surface area contributed by atoms with E-state index < -0.39 is 0 Å². The minimum atomic E-state index is 0.446. The van der Waals surface area contributed by atoms with E-state index in [1.54, 1.807) is 5.57 Å². The molecule has 0 amide bonds. The normalized spacial score (nSPS) is 36.8. The van der Waals surface area contributed by atoms with Crippen molar-refractivity contribution in [2.24, 2.45) is 16.7 Å². The van der Waals surface area contributed by atoms with E-state index in [9.17, 15) is 0 Å². The standard InChI is InChI=1S/C15H24/c1-5-6-7-8-13-11-12-9-10-15(13,4)14(12,2)3/h7,12H,5-6,9-11H2,1-4H3/t8?,12-,15-/m0/s1. The maximum absolute atomic E-state index is 3.60. The molecule has 0 aromatic carbocycles. The molecule has 0 nitrogen and oxygen atoms in total. The molecule has 0 saturated heterocycles. The van der Waals surface area contributed by atoms with Crippen LogP contribution in [0.2, 0.25) is 0 Å². The molecule has 0 aliphatic heterocycles. The largest absolute Gasteiger partial charge is 0.125 e. The van der Waals surface area contributed by atoms with E-state index in [-0.39, 0.29) is 0 Å². The van der Waals surface area contributed by atoms with Gasteiger partial charge in [-0.15, -0.1) is 5.73 Å². The number of rotatable bonds is 2. The van der Waals surface area contributed by atoms with Gasteiger partial charge >= 0.3 is 0 Å². The molecular formula is C15H24. The molecule has 0 spiro atoms. The zero-order chi connectivity index (χ0) is 11.1. The average Bonchev–Trinajstić information content (AvgIpc) is 2.51. The van der Waals surface area contributed by atoms with Gasteiger partial charge in [0.2, 0.25) is 0 Å². The van der Waals surface area contributed by atoms with Crippen molar-refractivity contribution in [3.63, 3.8) is 0 Å². The Hall–Kier alpha value is -0.480. The number of hydrogen-bond acceptors (Lipinski definition) is 0. The Kier molecular flexibility index (Phi) is 2.59. The van der Waals surface area contributed by atoms with Crippen LogP contribution in [0.15, 0.2) is 17.4 Å². The molecule has 2 fully saturated rings. The SMILES string of the molecule is CCCC=C=C1C[C@@H]2CC[C@]1(C)C2(C)C. The third-order valence-corrected chi connectivity index (χ3v) is 5.26. The van der Waals surface area contributed by atoms with E-state index >= 15 is 0 Å². The minimum Gasteiger partial charge on any atom is -0.125 e. The first kappa shape index (κ1) is 11.0. The molecule has 0 radical (unpaired) electrons. The lowest BCUT2D eigenvalue weighted by atomic mass is 9.69. The highest BCUT2D eigenvalue weighted by Crippen LogP contribution is 2.67. The van der Waals surface area contributed by atoms with Crippen LogP contribution < -0.4 is 0 Å². The highest BCUT2D eigenvalue weighted by molar-refractivity contribution is 5.28. The predicted octanol–water partition coefficient (Wildman–Crippen LogP) is 4.71. The van der Waals surface area contributed by atoms with Crippen molar-refractivity contribution in [3.8, 4) is 0 Å². The van der Waals surface area contributed by atoms with Crippen LogP contribution in [-0.4, -0.2) is 0 Å². The molecule has 0 aromatic rings. The van der Waals surface area contributed by atoms with Gasteiger partial charge in [0.1, 0.15) is 0 Å². The first-order valence-corrected chi connectivity index (χ1v) is 6.47. The summed E-state index contributed by atoms with van der Waals surface area (Å²) in [7, 11) is 0. The molecule has 2 saturated carbocycles. The van der Waals surface area contributed by atoms with Crippen LogP contribution in [-0.2, 0) is 0 Å². The molecule has 2 rings (SSSR count). The van der Waals surface area contributed by atoms with Gasteiger partial charge in [-0.05, 0) is 48.7 Å². The summed E-state index contributed by atoms with van der Waals surface area (Å²) in [6.07, 6.45) is 8.81. The molecule has 0 heterocycles. The molecule has 0 heteroatoms. The van der Waals surface area contributed by atoms with Crippen molar-refractivity contribution in [1.82, 2.24) is 0 Å². The van der Waals surface area contributed by atoms with Gasteiger partial charge < -0.3 is 0 Å². The summed E-state index contributed by atoms with van der Waals surface area (Å²) in [4.78, 5) is 0. The maximum Gasteiger partial charge on any atom is 0.00134 e. The Morgan fingerprint density at radius 3 is 2.60 bits per heavy atom. The number of fused-ring (bicyclic) bond motifs is 2. The predicted molar refractivity (Wildman–Crippen MR) is 65.7 cm³/mol. The fourth-order valence-corrected chi connectivity index (χ4v) is 3.52. The van der Waals surface area contributed by atoms with E-state index in [1.165, 1.54) is 32.1 Å². The van der Waals surface area contributed by atoms with Crippen molar-refractivity contribution < 1.29 is 0 Å². The molecule has 2 aliphatic carbocycles. The van der Waals surface area contributed by atoms with Crippen molar-refractivity contribution in [1.29, 1.82) is 0 Å². The smallest absolute Gasteiger partial charge is 0.00134 e. The Balaban J connectivity index is 2.30. The fourth-order valence-electron chi connectivity index (χ4n) is 3.52. The van der Waals surface area contributed by atoms with Gasteiger partial charge in [-0.1, -0.05) is 34.1 Å². The van der Waals surface area contributed by atoms with Gasteiger partial charge in [0.15, 0.2) is 0 Å². The van der Waals surface area contributed by atoms with E-state index in [2.05, 4.69) is 39.5 Å². The van der Waals surface area contributed by atoms with Crippen molar-refractivity contribution in [3.05, 3.63) is 17.4 Å². The Bertz CT molecular complexity index is 315. The second-order valence-electron chi connectivity index (χ2n) is 6.11. The summed E-state index contributed by atoms with van der Waals surface area (Å²) < 4.78 is 0. The van der Waals surface area contributed by atoms with Crippen LogP contribution in [0.3, 0.4) is 0 Å². The summed E-state index contributed by atoms with van der Waals surface area (Å²) in [5, 5.41) is 0. The molecule has 0 aromatic heterocycles. The maximum atomic E-state index is 3.60. The lowest BCUT2D eigenvalue weighted by molar-refractivity contribution is 0.179. The zero-order valence-corrected chi connectivity index (χ0v) is 10.7. The number of hydrogen-bond donors (Lipinski definition) is 0. The summed E-state index contributed by atoms with van der Waals surface area (Å²) in [5.74, 6) is 0.917. The molecule has 2 atom stereocenters. The van der Waals surface area contributed by atoms with Crippen LogP contribution in [0.4, 0.5) is 0 Å². The van der Waals surface area contributed by atoms with Gasteiger partial charge in [0, 0.05) is 5.41 Å². The fraction of sp³-hybridized carbons (Fsp3) is 0.800. The highest BCUT2D eigenvalue weighted by Gasteiger charge is 2.58. The highest BCUT2D eigenvalue weighted by atomic mass is 14.6. The summed E-state index contributed by atoms with van der Waals surface area (Å²) in [5.41, 5.74) is 6.17. The van der Waals surface area contributed by atoms with Crippen LogP contribution in [0.5, 0.6) is 0 Å². The third kappa shape index (κ3) is 1.42. The quantitative estimate of drug-likeness (QED) is 0.571. The number of unbranched alkanes of at least 4 members (excludes halogenated alkanes) is 1. The lowest BCUT2D eigenvalue weighted by Crippen LogP contribution is -2.27. The van der Waals surface area contributed by atoms with Crippen molar-refractivity contribution in [2.75, 3.05) is 0 Å². The molecule has 2 bridgehead atoms. The molecule has 84 valence electrons. The van der Waals surface area contributed by atoms with Crippen molar-refractivity contribution >= 4 is 0 Å². The Labute approximate surface area is 94.5 Å². The van der Waals surface area contributed by atoms with Gasteiger partial charge in [-0.2, -0.15) is 0 Å². The summed E-state index contributed by atoms with van der Waals surface area (Å²) >= 11 is 0. The molecule has 2 aliphatic rings. The third-order valence-electron chi connectivity index (χ3n) is 5.26. The molecule has 0 N–H and O–H groups in total. The van der Waals surface area contributed by atoms with E-state index in [4.69, 9.17) is 0 Å². The topological polar surface area (TPSA) is 0 Å². The Morgan fingerprint density at radius 2 is 2.13 bits per heavy atom.